The highest BCUT2D eigenvalue weighted by Crippen LogP contribution is 2.25. The number of nitrogens with zero attached hydrogens (tertiary/aromatic N) is 1. The monoisotopic (exact) mass is 257 g/mol. The quantitative estimate of drug-likeness (QED) is 0.747. The van der Waals surface area contributed by atoms with Crippen LogP contribution in [0, 0.1) is 11.8 Å². The molecule has 0 radical (unpaired) electrons. The summed E-state index contributed by atoms with van der Waals surface area (Å²) in [4.78, 5) is 25.0. The fourth-order valence-corrected chi connectivity index (χ4v) is 2.44. The first-order valence-corrected chi connectivity index (χ1v) is 6.63. The minimum atomic E-state index is -0.929. The highest BCUT2D eigenvalue weighted by atomic mass is 16.4. The van der Waals surface area contributed by atoms with Crippen LogP contribution in [0.15, 0.2) is 0 Å². The molecule has 5 heteroatoms. The second-order valence-electron chi connectivity index (χ2n) is 5.11. The molecule has 0 aromatic carbocycles. The SMILES string of the molecule is CC(C(=O)O)C(C)C(=O)N1CCCC1CCCO. The number of carbonyl (C=O) groups is 2. The average Bonchev–Trinajstić information content (AvgIpc) is 2.81. The van der Waals surface area contributed by atoms with Crippen molar-refractivity contribution in [2.75, 3.05) is 13.2 Å². The first-order valence-electron chi connectivity index (χ1n) is 6.63. The van der Waals surface area contributed by atoms with Crippen LogP contribution in [0.4, 0.5) is 0 Å². The molecule has 1 saturated heterocycles. The molecule has 1 heterocycles. The van der Waals surface area contributed by atoms with Crippen LogP contribution in [0.3, 0.4) is 0 Å². The molecule has 0 aromatic heterocycles. The van der Waals surface area contributed by atoms with Crippen molar-refractivity contribution in [2.45, 2.75) is 45.6 Å². The Morgan fingerprint density at radius 1 is 1.33 bits per heavy atom. The van der Waals surface area contributed by atoms with Crippen LogP contribution >= 0.6 is 0 Å². The summed E-state index contributed by atoms with van der Waals surface area (Å²) in [6.07, 6.45) is 3.42. The van der Waals surface area contributed by atoms with Crippen LogP contribution in [0.2, 0.25) is 0 Å². The van der Waals surface area contributed by atoms with Gasteiger partial charge < -0.3 is 15.1 Å². The van der Waals surface area contributed by atoms with Crippen molar-refractivity contribution in [2.24, 2.45) is 11.8 Å². The standard InChI is InChI=1S/C13H23NO4/c1-9(10(2)13(17)18)12(16)14-7-3-5-11(14)6-4-8-15/h9-11,15H,3-8H2,1-2H3,(H,17,18). The molecule has 18 heavy (non-hydrogen) atoms. The van der Waals surface area contributed by atoms with Gasteiger partial charge in [0.1, 0.15) is 0 Å². The minimum absolute atomic E-state index is 0.0645. The number of aliphatic carboxylic acids is 1. The largest absolute Gasteiger partial charge is 0.481 e. The van der Waals surface area contributed by atoms with E-state index in [0.29, 0.717) is 13.0 Å². The van der Waals surface area contributed by atoms with Gasteiger partial charge in [0, 0.05) is 25.1 Å². The summed E-state index contributed by atoms with van der Waals surface area (Å²) in [6.45, 7) is 4.11. The molecule has 5 nitrogen and oxygen atoms in total. The average molecular weight is 257 g/mol. The number of hydrogen-bond acceptors (Lipinski definition) is 3. The summed E-state index contributed by atoms with van der Waals surface area (Å²) in [5.74, 6) is -2.14. The van der Waals surface area contributed by atoms with Gasteiger partial charge in [-0.05, 0) is 25.7 Å². The van der Waals surface area contributed by atoms with Crippen LogP contribution in [0.25, 0.3) is 0 Å². The maximum absolute atomic E-state index is 12.3. The van der Waals surface area contributed by atoms with Crippen molar-refractivity contribution >= 4 is 11.9 Å². The van der Waals surface area contributed by atoms with Gasteiger partial charge in [-0.25, -0.2) is 0 Å². The van der Waals surface area contributed by atoms with Crippen molar-refractivity contribution in [3.8, 4) is 0 Å². The highest BCUT2D eigenvalue weighted by molar-refractivity contribution is 5.84. The molecule has 104 valence electrons. The van der Waals surface area contributed by atoms with Gasteiger partial charge in [0.15, 0.2) is 0 Å². The van der Waals surface area contributed by atoms with E-state index < -0.39 is 17.8 Å². The van der Waals surface area contributed by atoms with Crippen LogP contribution in [-0.2, 0) is 9.59 Å². The van der Waals surface area contributed by atoms with E-state index >= 15 is 0 Å². The third-order valence-corrected chi connectivity index (χ3v) is 3.88. The first-order chi connectivity index (χ1) is 8.49. The van der Waals surface area contributed by atoms with Crippen molar-refractivity contribution in [1.29, 1.82) is 0 Å². The molecule has 3 unspecified atom stereocenters. The van der Waals surface area contributed by atoms with Crippen molar-refractivity contribution in [3.05, 3.63) is 0 Å². The molecule has 0 spiro atoms. The van der Waals surface area contributed by atoms with Gasteiger partial charge in [-0.2, -0.15) is 0 Å². The first kappa shape index (κ1) is 15.0. The van der Waals surface area contributed by atoms with Crippen molar-refractivity contribution in [1.82, 2.24) is 4.90 Å². The molecular formula is C13H23NO4. The summed E-state index contributed by atoms with van der Waals surface area (Å²) >= 11 is 0. The Morgan fingerprint density at radius 2 is 2.00 bits per heavy atom. The smallest absolute Gasteiger partial charge is 0.307 e. The van der Waals surface area contributed by atoms with Crippen LogP contribution in [-0.4, -0.2) is 46.2 Å². The van der Waals surface area contributed by atoms with Gasteiger partial charge in [-0.3, -0.25) is 9.59 Å². The summed E-state index contributed by atoms with van der Waals surface area (Å²) in [5.41, 5.74) is 0. The van der Waals surface area contributed by atoms with Gasteiger partial charge in [0.05, 0.1) is 5.92 Å². The number of rotatable bonds is 6. The molecular weight excluding hydrogens is 234 g/mol. The molecule has 0 aromatic rings. The molecule has 1 rings (SSSR count). The zero-order valence-electron chi connectivity index (χ0n) is 11.1. The summed E-state index contributed by atoms with van der Waals surface area (Å²) in [5, 5.41) is 17.8. The maximum Gasteiger partial charge on any atom is 0.307 e. The Balaban J connectivity index is 2.61. The molecule has 3 atom stereocenters. The lowest BCUT2D eigenvalue weighted by atomic mass is 9.94. The second-order valence-corrected chi connectivity index (χ2v) is 5.11. The topological polar surface area (TPSA) is 77.8 Å². The van der Waals surface area contributed by atoms with E-state index in [1.165, 1.54) is 0 Å². The lowest BCUT2D eigenvalue weighted by molar-refractivity contribution is -0.149. The normalized spacial score (nSPS) is 22.8. The van der Waals surface area contributed by atoms with E-state index in [-0.39, 0.29) is 18.6 Å². The molecule has 1 fully saturated rings. The molecule has 0 bridgehead atoms. The Kier molecular flexibility index (Phi) is 5.59. The van der Waals surface area contributed by atoms with E-state index in [1.54, 1.807) is 18.7 Å². The number of amides is 1. The summed E-state index contributed by atoms with van der Waals surface area (Å²) in [7, 11) is 0. The fourth-order valence-electron chi connectivity index (χ4n) is 2.44. The summed E-state index contributed by atoms with van der Waals surface area (Å²) in [6, 6.07) is 0.174. The van der Waals surface area contributed by atoms with Gasteiger partial charge >= 0.3 is 5.97 Å². The van der Waals surface area contributed by atoms with E-state index in [2.05, 4.69) is 0 Å². The molecule has 1 aliphatic rings. The van der Waals surface area contributed by atoms with Gasteiger partial charge in [0.2, 0.25) is 5.91 Å². The van der Waals surface area contributed by atoms with E-state index in [1.807, 2.05) is 0 Å². The molecule has 0 saturated carbocycles. The number of aliphatic hydroxyl groups excluding tert-OH is 1. The number of carboxylic acid groups (broad SMARTS) is 1. The molecule has 0 aliphatic carbocycles. The van der Waals surface area contributed by atoms with Gasteiger partial charge in [-0.15, -0.1) is 0 Å². The Hall–Kier alpha value is -1.10. The Labute approximate surface area is 108 Å². The van der Waals surface area contributed by atoms with E-state index in [9.17, 15) is 9.59 Å². The lowest BCUT2D eigenvalue weighted by Crippen LogP contribution is -2.42. The number of carbonyl (C=O) groups excluding carboxylic acids is 1. The molecule has 2 N–H and O–H groups in total. The van der Waals surface area contributed by atoms with Gasteiger partial charge in [0.25, 0.3) is 0 Å². The van der Waals surface area contributed by atoms with E-state index in [4.69, 9.17) is 10.2 Å². The van der Waals surface area contributed by atoms with Crippen LogP contribution < -0.4 is 0 Å². The second kappa shape index (κ2) is 6.73. The molecule has 1 aliphatic heterocycles. The number of hydrogen-bond donors (Lipinski definition) is 2. The molecule has 1 amide bonds. The predicted molar refractivity (Wildman–Crippen MR) is 67.0 cm³/mol. The number of aliphatic hydroxyl groups is 1. The minimum Gasteiger partial charge on any atom is -0.481 e. The van der Waals surface area contributed by atoms with Crippen molar-refractivity contribution < 1.29 is 19.8 Å². The number of likely N-dealkylation sites (tertiary alicyclic amines) is 1. The summed E-state index contributed by atoms with van der Waals surface area (Å²) < 4.78 is 0. The maximum atomic E-state index is 12.3. The van der Waals surface area contributed by atoms with Crippen LogP contribution in [0.5, 0.6) is 0 Å². The zero-order chi connectivity index (χ0) is 13.7. The zero-order valence-corrected chi connectivity index (χ0v) is 11.1. The Morgan fingerprint density at radius 3 is 2.56 bits per heavy atom. The highest BCUT2D eigenvalue weighted by Gasteiger charge is 2.34. The van der Waals surface area contributed by atoms with Crippen LogP contribution in [0.1, 0.15) is 39.5 Å². The lowest BCUT2D eigenvalue weighted by Gasteiger charge is -2.28. The number of carboxylic acids is 1. The Bertz CT molecular complexity index is 305. The third-order valence-electron chi connectivity index (χ3n) is 3.88. The fraction of sp³-hybridized carbons (Fsp3) is 0.846. The predicted octanol–water partition coefficient (Wildman–Crippen LogP) is 1.11. The van der Waals surface area contributed by atoms with E-state index in [0.717, 1.165) is 19.3 Å². The van der Waals surface area contributed by atoms with Crippen molar-refractivity contribution in [3.63, 3.8) is 0 Å². The third kappa shape index (κ3) is 3.45. The van der Waals surface area contributed by atoms with Gasteiger partial charge in [-0.1, -0.05) is 13.8 Å².